The Kier molecular flexibility index (Phi) is 5.76. The van der Waals surface area contributed by atoms with Crippen molar-refractivity contribution in [1.82, 2.24) is 15.7 Å². The highest BCUT2D eigenvalue weighted by Crippen LogP contribution is 2.50. The molecule has 2 aliphatic heterocycles. The summed E-state index contributed by atoms with van der Waals surface area (Å²) in [4.78, 5) is 44.2. The number of carbonyl (C=O) groups is 3. The van der Waals surface area contributed by atoms with E-state index in [0.717, 1.165) is 12.0 Å². The molecule has 1 aromatic rings. The van der Waals surface area contributed by atoms with Crippen molar-refractivity contribution >= 4 is 29.5 Å². The van der Waals surface area contributed by atoms with Gasteiger partial charge in [-0.15, -0.1) is 11.8 Å². The van der Waals surface area contributed by atoms with Crippen molar-refractivity contribution in [3.05, 3.63) is 35.9 Å². The number of hydrogen-bond donors (Lipinski definition) is 2. The number of rotatable bonds is 7. The topological polar surface area (TPSA) is 87.7 Å². The Morgan fingerprint density at radius 1 is 1.26 bits per heavy atom. The fourth-order valence-corrected chi connectivity index (χ4v) is 5.09. The van der Waals surface area contributed by atoms with Crippen molar-refractivity contribution in [2.45, 2.75) is 55.8 Å². The number of amides is 3. The van der Waals surface area contributed by atoms with Gasteiger partial charge in [-0.05, 0) is 25.8 Å². The van der Waals surface area contributed by atoms with Crippen LogP contribution in [0.5, 0.6) is 0 Å². The highest BCUT2D eigenvalue weighted by Gasteiger charge is 2.64. The maximum atomic E-state index is 12.6. The van der Waals surface area contributed by atoms with E-state index in [1.165, 1.54) is 11.8 Å². The van der Waals surface area contributed by atoms with Gasteiger partial charge in [0.25, 0.3) is 5.91 Å². The van der Waals surface area contributed by atoms with E-state index in [-0.39, 0.29) is 29.5 Å². The molecule has 0 aliphatic carbocycles. The molecular formula is C19H25N3O4S. The molecule has 146 valence electrons. The van der Waals surface area contributed by atoms with Gasteiger partial charge >= 0.3 is 0 Å². The molecule has 0 bridgehead atoms. The molecule has 3 atom stereocenters. The second-order valence-electron chi connectivity index (χ2n) is 7.28. The van der Waals surface area contributed by atoms with E-state index in [2.05, 4.69) is 10.8 Å². The summed E-state index contributed by atoms with van der Waals surface area (Å²) < 4.78 is -0.473. The Hall–Kier alpha value is -2.06. The summed E-state index contributed by atoms with van der Waals surface area (Å²) in [5.41, 5.74) is 3.33. The molecule has 2 N–H and O–H groups in total. The molecule has 8 heteroatoms. The molecule has 2 saturated heterocycles. The van der Waals surface area contributed by atoms with Gasteiger partial charge in [-0.2, -0.15) is 0 Å². The van der Waals surface area contributed by atoms with Gasteiger partial charge in [0, 0.05) is 4.75 Å². The van der Waals surface area contributed by atoms with Gasteiger partial charge in [0.1, 0.15) is 17.5 Å². The molecule has 0 saturated carbocycles. The van der Waals surface area contributed by atoms with Crippen LogP contribution in [-0.2, 0) is 25.6 Å². The lowest BCUT2D eigenvalue weighted by Gasteiger charge is -2.44. The van der Waals surface area contributed by atoms with Crippen molar-refractivity contribution in [2.24, 2.45) is 0 Å². The Labute approximate surface area is 163 Å². The highest BCUT2D eigenvalue weighted by atomic mass is 32.2. The summed E-state index contributed by atoms with van der Waals surface area (Å²) in [6.07, 6.45) is 1.00. The minimum atomic E-state index is -0.626. The monoisotopic (exact) mass is 391 g/mol. The molecule has 1 aromatic carbocycles. The summed E-state index contributed by atoms with van der Waals surface area (Å²) in [6.45, 7) is 6.22. The van der Waals surface area contributed by atoms with Crippen molar-refractivity contribution < 1.29 is 19.2 Å². The predicted octanol–water partition coefficient (Wildman–Crippen LogP) is 1.23. The van der Waals surface area contributed by atoms with Gasteiger partial charge in [0.2, 0.25) is 11.8 Å². The second-order valence-corrected chi connectivity index (χ2v) is 9.05. The number of hydroxylamine groups is 1. The van der Waals surface area contributed by atoms with Crippen molar-refractivity contribution in [3.63, 3.8) is 0 Å². The molecule has 2 heterocycles. The van der Waals surface area contributed by atoms with Gasteiger partial charge in [0.05, 0.1) is 13.0 Å². The van der Waals surface area contributed by atoms with E-state index in [1.807, 2.05) is 51.1 Å². The van der Waals surface area contributed by atoms with Crippen LogP contribution in [0.25, 0.3) is 0 Å². The molecule has 27 heavy (non-hydrogen) atoms. The molecule has 3 amide bonds. The molecule has 0 aromatic heterocycles. The molecule has 2 fully saturated rings. The van der Waals surface area contributed by atoms with Crippen LogP contribution < -0.4 is 10.8 Å². The number of hydrogen-bond acceptors (Lipinski definition) is 5. The third kappa shape index (κ3) is 3.96. The van der Waals surface area contributed by atoms with E-state index in [4.69, 9.17) is 4.84 Å². The van der Waals surface area contributed by atoms with Gasteiger partial charge in [0.15, 0.2) is 0 Å². The molecule has 0 radical (unpaired) electrons. The molecular weight excluding hydrogens is 366 g/mol. The summed E-state index contributed by atoms with van der Waals surface area (Å²) in [5.74, 6) is -0.752. The zero-order chi connectivity index (χ0) is 19.6. The first-order valence-corrected chi connectivity index (χ1v) is 9.98. The summed E-state index contributed by atoms with van der Waals surface area (Å²) in [6, 6.07) is 8.16. The van der Waals surface area contributed by atoms with Crippen LogP contribution in [0.3, 0.4) is 0 Å². The third-order valence-corrected chi connectivity index (χ3v) is 6.26. The summed E-state index contributed by atoms with van der Waals surface area (Å²) in [5, 5.41) is 2.58. The van der Waals surface area contributed by atoms with Crippen LogP contribution >= 0.6 is 11.8 Å². The maximum Gasteiger partial charge on any atom is 0.267 e. The average molecular weight is 391 g/mol. The number of β-lactam (4-membered cyclic amide) rings is 1. The largest absolute Gasteiger partial charge is 0.341 e. The number of thioether (sulfide) groups is 1. The Balaban J connectivity index is 1.62. The van der Waals surface area contributed by atoms with E-state index >= 15 is 0 Å². The number of benzene rings is 1. The maximum absolute atomic E-state index is 12.6. The first kappa shape index (κ1) is 19.7. The van der Waals surface area contributed by atoms with Gasteiger partial charge in [-0.25, -0.2) is 5.48 Å². The van der Waals surface area contributed by atoms with E-state index in [0.29, 0.717) is 6.61 Å². The van der Waals surface area contributed by atoms with Crippen LogP contribution in [0.4, 0.5) is 0 Å². The van der Waals surface area contributed by atoms with Gasteiger partial charge in [-0.1, -0.05) is 37.3 Å². The molecule has 0 spiro atoms. The van der Waals surface area contributed by atoms with Gasteiger partial charge in [-0.3, -0.25) is 19.2 Å². The lowest BCUT2D eigenvalue weighted by atomic mass is 9.95. The van der Waals surface area contributed by atoms with Crippen LogP contribution in [-0.4, -0.2) is 51.4 Å². The average Bonchev–Trinajstić information content (AvgIpc) is 2.89. The SMILES string of the molecule is CCCONC(=O)C1N2C(=O)C(NC(=O)Cc3ccccc3)C2SC1(C)C. The molecule has 3 unspecified atom stereocenters. The first-order chi connectivity index (χ1) is 12.8. The van der Waals surface area contributed by atoms with Crippen LogP contribution in [0.15, 0.2) is 30.3 Å². The lowest BCUT2D eigenvalue weighted by molar-refractivity contribution is -0.158. The minimum Gasteiger partial charge on any atom is -0.341 e. The second kappa shape index (κ2) is 7.90. The molecule has 2 aliphatic rings. The third-order valence-electron chi connectivity index (χ3n) is 4.69. The van der Waals surface area contributed by atoms with Crippen molar-refractivity contribution in [1.29, 1.82) is 0 Å². The fraction of sp³-hybridized carbons (Fsp3) is 0.526. The number of fused-ring (bicyclic) bond motifs is 1. The summed E-state index contributed by atoms with van der Waals surface area (Å²) >= 11 is 1.53. The van der Waals surface area contributed by atoms with Crippen molar-refractivity contribution in [2.75, 3.05) is 6.61 Å². The standard InChI is InChI=1S/C19H25N3O4S/c1-4-10-26-21-16(24)15-19(2,3)27-18-14(17(25)22(15)18)20-13(23)11-12-8-6-5-7-9-12/h5-9,14-15,18H,4,10-11H2,1-3H3,(H,20,23)(H,21,24). The zero-order valence-electron chi connectivity index (χ0n) is 15.7. The molecule has 7 nitrogen and oxygen atoms in total. The van der Waals surface area contributed by atoms with Gasteiger partial charge < -0.3 is 10.2 Å². The lowest BCUT2D eigenvalue weighted by Crippen LogP contribution is -2.71. The first-order valence-electron chi connectivity index (χ1n) is 9.10. The number of carbonyl (C=O) groups excluding carboxylic acids is 3. The Morgan fingerprint density at radius 2 is 1.96 bits per heavy atom. The normalized spacial score (nSPS) is 25.5. The van der Waals surface area contributed by atoms with E-state index in [9.17, 15) is 14.4 Å². The number of nitrogens with one attached hydrogen (secondary N) is 2. The van der Waals surface area contributed by atoms with Crippen molar-refractivity contribution in [3.8, 4) is 0 Å². The number of nitrogens with zero attached hydrogens (tertiary/aromatic N) is 1. The minimum absolute atomic E-state index is 0.197. The quantitative estimate of drug-likeness (QED) is 0.415. The Morgan fingerprint density at radius 3 is 2.63 bits per heavy atom. The van der Waals surface area contributed by atoms with Crippen LogP contribution in [0.2, 0.25) is 0 Å². The van der Waals surface area contributed by atoms with Crippen LogP contribution in [0, 0.1) is 0 Å². The predicted molar refractivity (Wildman–Crippen MR) is 103 cm³/mol. The highest BCUT2D eigenvalue weighted by molar-refractivity contribution is 8.01. The van der Waals surface area contributed by atoms with E-state index in [1.54, 1.807) is 4.90 Å². The van der Waals surface area contributed by atoms with Crippen LogP contribution in [0.1, 0.15) is 32.8 Å². The Bertz CT molecular complexity index is 725. The smallest absolute Gasteiger partial charge is 0.267 e. The molecule has 3 rings (SSSR count). The van der Waals surface area contributed by atoms with E-state index < -0.39 is 16.8 Å². The fourth-order valence-electron chi connectivity index (χ4n) is 3.46. The zero-order valence-corrected chi connectivity index (χ0v) is 16.5. The summed E-state index contributed by atoms with van der Waals surface area (Å²) in [7, 11) is 0.